The van der Waals surface area contributed by atoms with Crippen molar-refractivity contribution in [1.82, 2.24) is 30.0 Å². The van der Waals surface area contributed by atoms with Crippen LogP contribution in [0.5, 0.6) is 11.5 Å². The Bertz CT molecular complexity index is 2720. The van der Waals surface area contributed by atoms with Crippen LogP contribution in [0.3, 0.4) is 0 Å². The van der Waals surface area contributed by atoms with Gasteiger partial charge < -0.3 is 34.4 Å². The molecule has 2 saturated heterocycles. The summed E-state index contributed by atoms with van der Waals surface area (Å²) in [6.07, 6.45) is 2.57. The van der Waals surface area contributed by atoms with Gasteiger partial charge in [0.2, 0.25) is 11.8 Å². The third-order valence-electron chi connectivity index (χ3n) is 12.2. The Morgan fingerprint density at radius 2 is 1.68 bits per heavy atom. The number of alkyl halides is 3. The Morgan fingerprint density at radius 3 is 2.35 bits per heavy atom. The SMILES string of the molecule is Cc1ncsc1-c1ccc(CNC(=O)[C@@H]2C[C@@H](O)CN2C(=O)C(C(C)C)n2cc(OCCCOCCCCCOc3ccc(N4C(=S)N(c5ccc(C#N)c(C(F)(F)F)c5)C(=O)C4(C)C)cc3)cn2)nc1. The van der Waals surface area contributed by atoms with Crippen molar-refractivity contribution in [3.05, 3.63) is 101 Å². The molecule has 3 amide bonds. The second kappa shape index (κ2) is 22.7. The van der Waals surface area contributed by atoms with Crippen molar-refractivity contribution in [2.24, 2.45) is 5.92 Å². The van der Waals surface area contributed by atoms with Crippen LogP contribution in [-0.4, -0.2) is 103 Å². The lowest BCUT2D eigenvalue weighted by Crippen LogP contribution is -2.49. The smallest absolute Gasteiger partial charge is 0.417 e. The van der Waals surface area contributed by atoms with Gasteiger partial charge in [0.05, 0.1) is 82.9 Å². The standard InChI is InChI=1S/C50H56F3N9O7S2/c1-31(2)43(46(65)59-28-38(63)23-42(59)45(64)56-26-35-12-10-34(25-55-35)44-32(3)57-30-71-44)60-29-40(27-58-60)69-21-9-19-67-18-7-6-8-20-68-39-16-14-36(15-17-39)62-48(70)61(47(66)49(62,4)5)37-13-11-33(24-54)41(22-37)50(51,52)53/h10-17,22,25,27,29-31,38,42-43,63H,6-9,18-21,23,26,28H2,1-5H3,(H,56,64)/t38-,42+,43?/m1/s1. The molecular weight excluding hydrogens is 960 g/mol. The number of benzene rings is 2. The van der Waals surface area contributed by atoms with E-state index in [1.54, 1.807) is 77.9 Å². The first kappa shape index (κ1) is 52.4. The number of aryl methyl sites for hydroxylation is 1. The summed E-state index contributed by atoms with van der Waals surface area (Å²) in [6.45, 7) is 11.1. The van der Waals surface area contributed by atoms with Crippen molar-refractivity contribution in [1.29, 1.82) is 5.26 Å². The fourth-order valence-electron chi connectivity index (χ4n) is 8.54. The summed E-state index contributed by atoms with van der Waals surface area (Å²) in [7, 11) is 0. The van der Waals surface area contributed by atoms with Crippen molar-refractivity contribution >= 4 is 57.8 Å². The number of carbonyl (C=O) groups is 3. The molecule has 16 nitrogen and oxygen atoms in total. The lowest BCUT2D eigenvalue weighted by atomic mass is 10.0. The van der Waals surface area contributed by atoms with Gasteiger partial charge in [-0.15, -0.1) is 11.3 Å². The maximum Gasteiger partial charge on any atom is 0.417 e. The molecule has 2 N–H and O–H groups in total. The van der Waals surface area contributed by atoms with Crippen LogP contribution < -0.4 is 24.6 Å². The number of likely N-dealkylation sites (tertiary alicyclic amines) is 1. The maximum absolute atomic E-state index is 14.0. The zero-order valence-corrected chi connectivity index (χ0v) is 41.7. The summed E-state index contributed by atoms with van der Waals surface area (Å²) < 4.78 is 60.4. The van der Waals surface area contributed by atoms with Gasteiger partial charge in [-0.2, -0.15) is 23.5 Å². The van der Waals surface area contributed by atoms with Gasteiger partial charge in [0.25, 0.3) is 5.91 Å². The van der Waals surface area contributed by atoms with Crippen LogP contribution in [0.25, 0.3) is 10.4 Å². The molecule has 5 heterocycles. The van der Waals surface area contributed by atoms with Gasteiger partial charge in [-0.1, -0.05) is 19.9 Å². The number of β-amino-alcohol motifs (C(OH)–C–C–N with tert-alkyl or cyclic N) is 1. The molecular formula is C50H56F3N9O7S2. The topological polar surface area (TPSA) is 188 Å². The number of thiazole rings is 1. The van der Waals surface area contributed by atoms with Crippen LogP contribution in [-0.2, 0) is 31.8 Å². The predicted molar refractivity (Wildman–Crippen MR) is 264 cm³/mol. The quantitative estimate of drug-likeness (QED) is 0.0532. The number of thiocarbonyl (C=S) groups is 1. The number of nitrogens with one attached hydrogen (secondary N) is 1. The molecule has 2 fully saturated rings. The number of halogens is 3. The van der Waals surface area contributed by atoms with Crippen molar-refractivity contribution in [3.8, 4) is 28.0 Å². The summed E-state index contributed by atoms with van der Waals surface area (Å²) in [5.41, 5.74) is 1.90. The second-order valence-electron chi connectivity index (χ2n) is 18.1. The molecule has 0 bridgehead atoms. The van der Waals surface area contributed by atoms with Crippen molar-refractivity contribution in [2.75, 3.05) is 42.8 Å². The van der Waals surface area contributed by atoms with E-state index in [1.807, 2.05) is 32.9 Å². The summed E-state index contributed by atoms with van der Waals surface area (Å²) in [4.78, 5) is 54.9. The largest absolute Gasteiger partial charge is 0.494 e. The van der Waals surface area contributed by atoms with Gasteiger partial charge in [0.15, 0.2) is 10.9 Å². The lowest BCUT2D eigenvalue weighted by molar-refractivity contribution is -0.142. The first-order valence-corrected chi connectivity index (χ1v) is 24.6. The van der Waals surface area contributed by atoms with Crippen LogP contribution in [0.2, 0.25) is 0 Å². The zero-order valence-electron chi connectivity index (χ0n) is 40.0. The summed E-state index contributed by atoms with van der Waals surface area (Å²) in [5.74, 6) is -0.276. The number of nitrogens with zero attached hydrogens (tertiary/aromatic N) is 8. The number of aromatic nitrogens is 4. The number of pyridine rings is 1. The van der Waals surface area contributed by atoms with E-state index in [-0.39, 0.29) is 48.0 Å². The second-order valence-corrected chi connectivity index (χ2v) is 19.4. The average Bonchev–Trinajstić information content (AvgIpc) is 4.12. The van der Waals surface area contributed by atoms with Crippen molar-refractivity contribution in [2.45, 2.75) is 103 Å². The third-order valence-corrected chi connectivity index (χ3v) is 13.6. The van der Waals surface area contributed by atoms with Gasteiger partial charge >= 0.3 is 6.18 Å². The molecule has 3 aromatic heterocycles. The van der Waals surface area contributed by atoms with E-state index in [2.05, 4.69) is 20.4 Å². The Morgan fingerprint density at radius 1 is 0.972 bits per heavy atom. The molecule has 1 unspecified atom stereocenters. The van der Waals surface area contributed by atoms with E-state index in [4.69, 9.17) is 26.4 Å². The normalized spacial score (nSPS) is 17.2. The molecule has 0 spiro atoms. The van der Waals surface area contributed by atoms with Crippen LogP contribution in [0.4, 0.5) is 24.5 Å². The highest BCUT2D eigenvalue weighted by atomic mass is 32.1. The Balaban J connectivity index is 0.788. The minimum Gasteiger partial charge on any atom is -0.494 e. The van der Waals surface area contributed by atoms with E-state index in [0.717, 1.165) is 52.4 Å². The monoisotopic (exact) mass is 1020 g/mol. The molecule has 3 atom stereocenters. The minimum atomic E-state index is -4.79. The fraction of sp³-hybridized carbons (Fsp3) is 0.440. The number of amides is 3. The molecule has 0 radical (unpaired) electrons. The van der Waals surface area contributed by atoms with E-state index in [9.17, 15) is 37.9 Å². The fourth-order valence-corrected chi connectivity index (χ4v) is 9.86. The molecule has 2 aromatic carbocycles. The summed E-state index contributed by atoms with van der Waals surface area (Å²) in [5, 5.41) is 27.1. The number of unbranched alkanes of at least 4 members (excludes halogenated alkanes) is 2. The van der Waals surface area contributed by atoms with Gasteiger partial charge in [-0.25, -0.2) is 4.98 Å². The number of carbonyl (C=O) groups excluding carboxylic acids is 3. The Labute approximate surface area is 419 Å². The molecule has 376 valence electrons. The van der Waals surface area contributed by atoms with Crippen LogP contribution >= 0.6 is 23.6 Å². The number of anilines is 2. The van der Waals surface area contributed by atoms with Gasteiger partial charge in [0, 0.05) is 50.0 Å². The van der Waals surface area contributed by atoms with E-state index in [1.165, 1.54) is 22.3 Å². The van der Waals surface area contributed by atoms with Gasteiger partial charge in [-0.05, 0) is 107 Å². The third kappa shape index (κ3) is 12.2. The molecule has 2 aliphatic rings. The molecule has 2 aliphatic heterocycles. The number of aliphatic hydroxyl groups excluding tert-OH is 1. The van der Waals surface area contributed by atoms with E-state index in [0.29, 0.717) is 55.7 Å². The van der Waals surface area contributed by atoms with Gasteiger partial charge in [0.1, 0.15) is 23.4 Å². The highest BCUT2D eigenvalue weighted by molar-refractivity contribution is 7.81. The maximum atomic E-state index is 14.0. The van der Waals surface area contributed by atoms with Crippen LogP contribution in [0.15, 0.2) is 78.7 Å². The van der Waals surface area contributed by atoms with E-state index < -0.39 is 46.9 Å². The number of aliphatic hydroxyl groups is 1. The molecule has 71 heavy (non-hydrogen) atoms. The number of rotatable bonds is 21. The minimum absolute atomic E-state index is 0.00878. The average molecular weight is 1020 g/mol. The molecule has 0 saturated carbocycles. The first-order chi connectivity index (χ1) is 33.9. The number of nitriles is 1. The van der Waals surface area contributed by atoms with Gasteiger partial charge in [-0.3, -0.25) is 28.9 Å². The molecule has 0 aliphatic carbocycles. The molecule has 5 aromatic rings. The molecule has 7 rings (SSSR count). The van der Waals surface area contributed by atoms with Crippen molar-refractivity contribution in [3.63, 3.8) is 0 Å². The van der Waals surface area contributed by atoms with Crippen LogP contribution in [0, 0.1) is 24.2 Å². The first-order valence-electron chi connectivity index (χ1n) is 23.3. The van der Waals surface area contributed by atoms with E-state index >= 15 is 0 Å². The summed E-state index contributed by atoms with van der Waals surface area (Å²) in [6, 6.07) is 13.8. The number of hydrogen-bond donors (Lipinski definition) is 2. The summed E-state index contributed by atoms with van der Waals surface area (Å²) >= 11 is 7.17. The highest BCUT2D eigenvalue weighted by Crippen LogP contribution is 2.40. The van der Waals surface area contributed by atoms with Crippen molar-refractivity contribution < 1.29 is 46.9 Å². The highest BCUT2D eigenvalue weighted by Gasteiger charge is 2.51. The lowest BCUT2D eigenvalue weighted by Gasteiger charge is -2.30. The zero-order chi connectivity index (χ0) is 51.0. The number of hydrogen-bond acceptors (Lipinski definition) is 13. The molecule has 21 heteroatoms. The Kier molecular flexibility index (Phi) is 16.8. The Hall–Kier alpha value is -6.47. The van der Waals surface area contributed by atoms with Crippen LogP contribution in [0.1, 0.15) is 88.4 Å². The number of ether oxygens (including phenoxy) is 3. The predicted octanol–water partition coefficient (Wildman–Crippen LogP) is 8.03.